The molecule has 18 heavy (non-hydrogen) atoms. The fourth-order valence-electron chi connectivity index (χ4n) is 0.956. The molecule has 0 aliphatic rings. The summed E-state index contributed by atoms with van der Waals surface area (Å²) in [5, 5.41) is 8.54. The number of hydrogen-bond donors (Lipinski definition) is 4. The third-order valence-electron chi connectivity index (χ3n) is 1.84. The van der Waals surface area contributed by atoms with Crippen molar-refractivity contribution >= 4 is 29.5 Å². The van der Waals surface area contributed by atoms with Gasteiger partial charge in [-0.15, -0.1) is 11.8 Å². The van der Waals surface area contributed by atoms with Crippen LogP contribution in [0.25, 0.3) is 0 Å². The number of hydrazine groups is 1. The molecule has 5 N–H and O–H groups in total. The summed E-state index contributed by atoms with van der Waals surface area (Å²) in [5.74, 6) is -0.511. The predicted molar refractivity (Wildman–Crippen MR) is 68.9 cm³/mol. The molecule has 0 aliphatic carbocycles. The number of rotatable bonds is 7. The Balaban J connectivity index is 2.17. The number of nitrogens with zero attached hydrogens (tertiary/aromatic N) is 1. The van der Waals surface area contributed by atoms with Gasteiger partial charge in [-0.25, -0.2) is 4.98 Å². The average molecular weight is 270 g/mol. The first-order valence-electron chi connectivity index (χ1n) is 5.11. The number of carboxylic acid groups (broad SMARTS) is 1. The van der Waals surface area contributed by atoms with Gasteiger partial charge in [-0.3, -0.25) is 20.4 Å². The summed E-state index contributed by atoms with van der Waals surface area (Å²) < 4.78 is 0. The number of carbonyl (C=O) groups is 2. The summed E-state index contributed by atoms with van der Waals surface area (Å²) in [6, 6.07) is 4.29. The van der Waals surface area contributed by atoms with Gasteiger partial charge in [0.25, 0.3) is 0 Å². The van der Waals surface area contributed by atoms with Crippen LogP contribution in [0.3, 0.4) is 0 Å². The van der Waals surface area contributed by atoms with Gasteiger partial charge in [0.15, 0.2) is 0 Å². The standard InChI is InChI=1S/C10H14N4O3S/c11-7(10(16)17)5-18-6-9(15)14-13-8-3-1-2-4-12-8/h1-4,7H,5-6,11H2,(H,12,13)(H,14,15)(H,16,17). The van der Waals surface area contributed by atoms with Crippen LogP contribution in [0.4, 0.5) is 5.82 Å². The minimum Gasteiger partial charge on any atom is -0.480 e. The number of nitrogens with one attached hydrogen (secondary N) is 2. The number of carboxylic acids is 1. The summed E-state index contributed by atoms with van der Waals surface area (Å²) in [6.45, 7) is 0. The van der Waals surface area contributed by atoms with Crippen LogP contribution in [0.15, 0.2) is 24.4 Å². The van der Waals surface area contributed by atoms with Crippen LogP contribution in [-0.4, -0.2) is 39.5 Å². The highest BCUT2D eigenvalue weighted by Crippen LogP contribution is 2.02. The molecule has 1 aromatic rings. The van der Waals surface area contributed by atoms with E-state index in [1.807, 2.05) is 0 Å². The van der Waals surface area contributed by atoms with Crippen molar-refractivity contribution in [2.24, 2.45) is 5.73 Å². The zero-order valence-electron chi connectivity index (χ0n) is 9.50. The quantitative estimate of drug-likeness (QED) is 0.501. The number of thioether (sulfide) groups is 1. The van der Waals surface area contributed by atoms with Gasteiger partial charge in [0.05, 0.1) is 5.75 Å². The number of nitrogens with two attached hydrogens (primary N) is 1. The molecule has 0 fully saturated rings. The van der Waals surface area contributed by atoms with Gasteiger partial charge in [-0.1, -0.05) is 6.07 Å². The number of amides is 1. The van der Waals surface area contributed by atoms with Gasteiger partial charge >= 0.3 is 5.97 Å². The van der Waals surface area contributed by atoms with Crippen LogP contribution in [0.1, 0.15) is 0 Å². The lowest BCUT2D eigenvalue weighted by atomic mass is 10.4. The zero-order valence-corrected chi connectivity index (χ0v) is 10.3. The van der Waals surface area contributed by atoms with Crippen LogP contribution in [0.2, 0.25) is 0 Å². The molecule has 98 valence electrons. The predicted octanol–water partition coefficient (Wildman–Crippen LogP) is -0.330. The normalized spacial score (nSPS) is 11.6. The van der Waals surface area contributed by atoms with Crippen molar-refractivity contribution in [1.29, 1.82) is 0 Å². The van der Waals surface area contributed by atoms with Crippen LogP contribution in [0, 0.1) is 0 Å². The van der Waals surface area contributed by atoms with Crippen molar-refractivity contribution in [3.05, 3.63) is 24.4 Å². The molecule has 1 amide bonds. The number of anilines is 1. The second kappa shape index (κ2) is 7.51. The topological polar surface area (TPSA) is 117 Å². The molecular weight excluding hydrogens is 256 g/mol. The van der Waals surface area contributed by atoms with Gasteiger partial charge in [0, 0.05) is 11.9 Å². The molecule has 0 saturated carbocycles. The van der Waals surface area contributed by atoms with Crippen molar-refractivity contribution in [2.75, 3.05) is 16.9 Å². The minimum atomic E-state index is -1.07. The fourth-order valence-corrected chi connectivity index (χ4v) is 1.73. The highest BCUT2D eigenvalue weighted by molar-refractivity contribution is 8.00. The van der Waals surface area contributed by atoms with Crippen LogP contribution in [-0.2, 0) is 9.59 Å². The second-order valence-electron chi connectivity index (χ2n) is 3.35. The van der Waals surface area contributed by atoms with Crippen molar-refractivity contribution in [3.63, 3.8) is 0 Å². The summed E-state index contributed by atoms with van der Waals surface area (Å²) in [7, 11) is 0. The molecule has 1 aromatic heterocycles. The lowest BCUT2D eigenvalue weighted by molar-refractivity contribution is -0.137. The molecule has 0 saturated heterocycles. The maximum Gasteiger partial charge on any atom is 0.321 e. The zero-order chi connectivity index (χ0) is 13.4. The maximum absolute atomic E-state index is 11.4. The summed E-state index contributed by atoms with van der Waals surface area (Å²) in [6.07, 6.45) is 1.59. The molecule has 7 nitrogen and oxygen atoms in total. The third kappa shape index (κ3) is 5.51. The molecule has 1 heterocycles. The third-order valence-corrected chi connectivity index (χ3v) is 2.90. The van der Waals surface area contributed by atoms with E-state index >= 15 is 0 Å². The lowest BCUT2D eigenvalue weighted by Crippen LogP contribution is -2.34. The first-order chi connectivity index (χ1) is 8.59. The van der Waals surface area contributed by atoms with Crippen molar-refractivity contribution in [1.82, 2.24) is 10.4 Å². The fraction of sp³-hybridized carbons (Fsp3) is 0.300. The van der Waals surface area contributed by atoms with E-state index < -0.39 is 12.0 Å². The number of aliphatic carboxylic acids is 1. The summed E-state index contributed by atoms with van der Waals surface area (Å²) in [5.41, 5.74) is 10.4. The van der Waals surface area contributed by atoms with E-state index in [1.165, 1.54) is 0 Å². The van der Waals surface area contributed by atoms with E-state index in [1.54, 1.807) is 24.4 Å². The number of hydrogen-bond acceptors (Lipinski definition) is 6. The van der Waals surface area contributed by atoms with Crippen molar-refractivity contribution in [2.45, 2.75) is 6.04 Å². The molecular formula is C10H14N4O3S. The average Bonchev–Trinajstić information content (AvgIpc) is 2.37. The smallest absolute Gasteiger partial charge is 0.321 e. The van der Waals surface area contributed by atoms with Crippen molar-refractivity contribution in [3.8, 4) is 0 Å². The molecule has 0 bridgehead atoms. The highest BCUT2D eigenvalue weighted by Gasteiger charge is 2.12. The Morgan fingerprint density at radius 1 is 1.50 bits per heavy atom. The monoisotopic (exact) mass is 270 g/mol. The van der Waals surface area contributed by atoms with Crippen molar-refractivity contribution < 1.29 is 14.7 Å². The first-order valence-corrected chi connectivity index (χ1v) is 6.27. The van der Waals surface area contributed by atoms with E-state index in [2.05, 4.69) is 15.8 Å². The minimum absolute atomic E-state index is 0.126. The van der Waals surface area contributed by atoms with Crippen LogP contribution >= 0.6 is 11.8 Å². The van der Waals surface area contributed by atoms with Gasteiger partial charge in [0.2, 0.25) is 5.91 Å². The lowest BCUT2D eigenvalue weighted by Gasteiger charge is -2.08. The van der Waals surface area contributed by atoms with E-state index in [0.717, 1.165) is 11.8 Å². The molecule has 0 aliphatic heterocycles. The SMILES string of the molecule is NC(CSCC(=O)NNc1ccccn1)C(=O)O. The van der Waals surface area contributed by atoms with E-state index in [9.17, 15) is 9.59 Å². The largest absolute Gasteiger partial charge is 0.480 e. The van der Waals surface area contributed by atoms with Crippen LogP contribution in [0.5, 0.6) is 0 Å². The Kier molecular flexibility index (Phi) is 5.95. The Hall–Kier alpha value is -1.80. The van der Waals surface area contributed by atoms with Gasteiger partial charge in [-0.05, 0) is 12.1 Å². The van der Waals surface area contributed by atoms with E-state index in [4.69, 9.17) is 10.8 Å². The Bertz CT molecular complexity index is 401. The molecule has 1 atom stereocenters. The van der Waals surface area contributed by atoms with Gasteiger partial charge < -0.3 is 10.8 Å². The number of pyridine rings is 1. The van der Waals surface area contributed by atoms with E-state index in [-0.39, 0.29) is 17.4 Å². The Labute approximate surface area is 108 Å². The van der Waals surface area contributed by atoms with Crippen LogP contribution < -0.4 is 16.6 Å². The van der Waals surface area contributed by atoms with E-state index in [0.29, 0.717) is 5.82 Å². The summed E-state index contributed by atoms with van der Waals surface area (Å²) in [4.78, 5) is 25.7. The van der Waals surface area contributed by atoms with Gasteiger partial charge in [-0.2, -0.15) is 0 Å². The second-order valence-corrected chi connectivity index (χ2v) is 4.38. The first kappa shape index (κ1) is 14.3. The maximum atomic E-state index is 11.4. The Morgan fingerprint density at radius 2 is 2.28 bits per heavy atom. The Morgan fingerprint density at radius 3 is 2.89 bits per heavy atom. The molecule has 8 heteroatoms. The molecule has 0 spiro atoms. The highest BCUT2D eigenvalue weighted by atomic mass is 32.2. The molecule has 0 radical (unpaired) electrons. The molecule has 1 unspecified atom stereocenters. The number of carbonyl (C=O) groups excluding carboxylic acids is 1. The number of aromatic nitrogens is 1. The van der Waals surface area contributed by atoms with Gasteiger partial charge in [0.1, 0.15) is 11.9 Å². The molecule has 0 aromatic carbocycles. The molecule has 1 rings (SSSR count). The summed E-state index contributed by atoms with van der Waals surface area (Å²) >= 11 is 1.15.